The van der Waals surface area contributed by atoms with Gasteiger partial charge in [-0.15, -0.1) is 0 Å². The van der Waals surface area contributed by atoms with Gasteiger partial charge in [0.15, 0.2) is 15.5 Å². The molecule has 2 rings (SSSR count). The lowest BCUT2D eigenvalue weighted by atomic mass is 10.3. The zero-order valence-electron chi connectivity index (χ0n) is 10.8. The number of carbonyl (C=O) groups is 1. The van der Waals surface area contributed by atoms with Crippen LogP contribution in [0.5, 0.6) is 0 Å². The SMILES string of the molecule is CCS(=O)(=O)c1ccccc1-n1cc(N)c(C(N)=O)n1. The number of nitrogen functional groups attached to an aromatic ring is 1. The lowest BCUT2D eigenvalue weighted by Crippen LogP contribution is -2.14. The standard InChI is InChI=1S/C12H14N4O3S/c1-2-20(18,19)10-6-4-3-5-9(10)16-7-8(13)11(15-16)12(14)17/h3-7H,2,13H2,1H3,(H2,14,17). The maximum Gasteiger partial charge on any atom is 0.271 e. The molecular formula is C12H14N4O3S. The first-order valence-corrected chi connectivity index (χ1v) is 7.49. The molecule has 0 fully saturated rings. The highest BCUT2D eigenvalue weighted by atomic mass is 32.2. The Morgan fingerprint density at radius 3 is 2.55 bits per heavy atom. The number of para-hydroxylation sites is 1. The van der Waals surface area contributed by atoms with Crippen molar-refractivity contribution in [3.63, 3.8) is 0 Å². The molecule has 1 aromatic carbocycles. The Morgan fingerprint density at radius 2 is 2.00 bits per heavy atom. The normalized spacial score (nSPS) is 11.4. The molecule has 0 atom stereocenters. The Balaban J connectivity index is 2.66. The van der Waals surface area contributed by atoms with E-state index < -0.39 is 15.7 Å². The number of aromatic nitrogens is 2. The summed E-state index contributed by atoms with van der Waals surface area (Å²) in [7, 11) is -3.42. The minimum Gasteiger partial charge on any atom is -0.396 e. The highest BCUT2D eigenvalue weighted by molar-refractivity contribution is 7.91. The highest BCUT2D eigenvalue weighted by Crippen LogP contribution is 2.22. The van der Waals surface area contributed by atoms with Gasteiger partial charge in [0, 0.05) is 0 Å². The van der Waals surface area contributed by atoms with Crippen molar-refractivity contribution in [3.05, 3.63) is 36.2 Å². The van der Waals surface area contributed by atoms with E-state index >= 15 is 0 Å². The highest BCUT2D eigenvalue weighted by Gasteiger charge is 2.19. The van der Waals surface area contributed by atoms with Crippen LogP contribution in [0.15, 0.2) is 35.4 Å². The summed E-state index contributed by atoms with van der Waals surface area (Å²) in [5.41, 5.74) is 11.1. The number of hydrogen-bond acceptors (Lipinski definition) is 5. The van der Waals surface area contributed by atoms with Gasteiger partial charge in [-0.05, 0) is 12.1 Å². The van der Waals surface area contributed by atoms with E-state index in [1.165, 1.54) is 16.9 Å². The fraction of sp³-hybridized carbons (Fsp3) is 0.167. The fourth-order valence-electron chi connectivity index (χ4n) is 1.77. The number of nitrogens with two attached hydrogens (primary N) is 2. The summed E-state index contributed by atoms with van der Waals surface area (Å²) in [4.78, 5) is 11.3. The second-order valence-corrected chi connectivity index (χ2v) is 6.36. The van der Waals surface area contributed by atoms with Crippen LogP contribution in [0, 0.1) is 0 Å². The molecule has 0 aliphatic heterocycles. The smallest absolute Gasteiger partial charge is 0.271 e. The van der Waals surface area contributed by atoms with E-state index in [1.807, 2.05) is 0 Å². The number of nitrogens with zero attached hydrogens (tertiary/aromatic N) is 2. The molecule has 0 radical (unpaired) electrons. The Bertz CT molecular complexity index is 765. The minimum atomic E-state index is -3.42. The van der Waals surface area contributed by atoms with Crippen molar-refractivity contribution in [1.29, 1.82) is 0 Å². The number of benzene rings is 1. The first-order valence-electron chi connectivity index (χ1n) is 5.84. The maximum absolute atomic E-state index is 12.1. The molecule has 106 valence electrons. The van der Waals surface area contributed by atoms with Crippen molar-refractivity contribution in [2.24, 2.45) is 5.73 Å². The summed E-state index contributed by atoms with van der Waals surface area (Å²) < 4.78 is 25.4. The number of carbonyl (C=O) groups excluding carboxylic acids is 1. The summed E-state index contributed by atoms with van der Waals surface area (Å²) >= 11 is 0. The van der Waals surface area contributed by atoms with Crippen molar-refractivity contribution in [1.82, 2.24) is 9.78 Å². The van der Waals surface area contributed by atoms with E-state index in [2.05, 4.69) is 5.10 Å². The van der Waals surface area contributed by atoms with Gasteiger partial charge < -0.3 is 11.5 Å². The first-order chi connectivity index (χ1) is 9.36. The van der Waals surface area contributed by atoms with Gasteiger partial charge in [0.2, 0.25) is 0 Å². The monoisotopic (exact) mass is 294 g/mol. The molecule has 1 heterocycles. The third-order valence-corrected chi connectivity index (χ3v) is 4.58. The number of primary amides is 1. The Morgan fingerprint density at radius 1 is 1.35 bits per heavy atom. The summed E-state index contributed by atoms with van der Waals surface area (Å²) in [6, 6.07) is 6.36. The number of sulfone groups is 1. The molecule has 0 aliphatic carbocycles. The third-order valence-electron chi connectivity index (χ3n) is 2.80. The van der Waals surface area contributed by atoms with Gasteiger partial charge in [0.25, 0.3) is 5.91 Å². The molecule has 7 nitrogen and oxygen atoms in total. The Kier molecular flexibility index (Phi) is 3.49. The summed E-state index contributed by atoms with van der Waals surface area (Å²) in [6.07, 6.45) is 1.37. The fourth-order valence-corrected chi connectivity index (χ4v) is 2.84. The second kappa shape index (κ2) is 4.97. The van der Waals surface area contributed by atoms with Crippen molar-refractivity contribution in [3.8, 4) is 5.69 Å². The molecule has 4 N–H and O–H groups in total. The zero-order chi connectivity index (χ0) is 14.9. The molecule has 20 heavy (non-hydrogen) atoms. The second-order valence-electron chi connectivity index (χ2n) is 4.11. The number of anilines is 1. The lowest BCUT2D eigenvalue weighted by Gasteiger charge is -2.08. The van der Waals surface area contributed by atoms with Gasteiger partial charge >= 0.3 is 0 Å². The van der Waals surface area contributed by atoms with Gasteiger partial charge in [-0.25, -0.2) is 13.1 Å². The molecule has 1 amide bonds. The van der Waals surface area contributed by atoms with Crippen molar-refractivity contribution in [2.75, 3.05) is 11.5 Å². The number of amides is 1. The molecule has 2 aromatic rings. The number of rotatable bonds is 4. The molecule has 0 spiro atoms. The first kappa shape index (κ1) is 14.1. The van der Waals surface area contributed by atoms with E-state index in [0.29, 0.717) is 5.69 Å². The van der Waals surface area contributed by atoms with Crippen LogP contribution in [0.1, 0.15) is 17.4 Å². The summed E-state index contributed by atoms with van der Waals surface area (Å²) in [5, 5.41) is 3.94. The predicted octanol–water partition coefficient (Wildman–Crippen LogP) is 0.347. The third kappa shape index (κ3) is 2.37. The van der Waals surface area contributed by atoms with E-state index in [0.717, 1.165) is 0 Å². The predicted molar refractivity (Wildman–Crippen MR) is 74.2 cm³/mol. The molecule has 0 bridgehead atoms. The van der Waals surface area contributed by atoms with Gasteiger partial charge in [0.1, 0.15) is 0 Å². The molecule has 0 saturated carbocycles. The van der Waals surface area contributed by atoms with Gasteiger partial charge in [0.05, 0.1) is 28.2 Å². The van der Waals surface area contributed by atoms with Crippen LogP contribution >= 0.6 is 0 Å². The topological polar surface area (TPSA) is 121 Å². The van der Waals surface area contributed by atoms with Crippen LogP contribution in [-0.4, -0.2) is 29.9 Å². The van der Waals surface area contributed by atoms with E-state index in [-0.39, 0.29) is 22.0 Å². The summed E-state index contributed by atoms with van der Waals surface area (Å²) in [5.74, 6) is -0.805. The van der Waals surface area contributed by atoms with Crippen molar-refractivity contribution >= 4 is 21.4 Å². The average molecular weight is 294 g/mol. The molecule has 0 aliphatic rings. The van der Waals surface area contributed by atoms with E-state index in [9.17, 15) is 13.2 Å². The van der Waals surface area contributed by atoms with Crippen LogP contribution in [0.3, 0.4) is 0 Å². The molecular weight excluding hydrogens is 280 g/mol. The van der Waals surface area contributed by atoms with Crippen LogP contribution in [0.4, 0.5) is 5.69 Å². The van der Waals surface area contributed by atoms with Gasteiger partial charge in [-0.2, -0.15) is 5.10 Å². The Labute approximate surface area is 116 Å². The molecule has 0 unspecified atom stereocenters. The van der Waals surface area contributed by atoms with Crippen LogP contribution in [0.2, 0.25) is 0 Å². The van der Waals surface area contributed by atoms with Crippen LogP contribution in [0.25, 0.3) is 5.69 Å². The molecule has 1 aromatic heterocycles. The zero-order valence-corrected chi connectivity index (χ0v) is 11.6. The largest absolute Gasteiger partial charge is 0.396 e. The van der Waals surface area contributed by atoms with E-state index in [4.69, 9.17) is 11.5 Å². The molecule has 8 heteroatoms. The van der Waals surface area contributed by atoms with Crippen LogP contribution in [-0.2, 0) is 9.84 Å². The van der Waals surface area contributed by atoms with Gasteiger partial charge in [-0.3, -0.25) is 4.79 Å². The van der Waals surface area contributed by atoms with Crippen molar-refractivity contribution < 1.29 is 13.2 Å². The van der Waals surface area contributed by atoms with Gasteiger partial charge in [-0.1, -0.05) is 19.1 Å². The number of hydrogen-bond donors (Lipinski definition) is 2. The lowest BCUT2D eigenvalue weighted by molar-refractivity contribution is 0.0996. The average Bonchev–Trinajstić information content (AvgIpc) is 2.81. The quantitative estimate of drug-likeness (QED) is 0.842. The van der Waals surface area contributed by atoms with E-state index in [1.54, 1.807) is 25.1 Å². The Hall–Kier alpha value is -2.35. The minimum absolute atomic E-state index is 0.0383. The van der Waals surface area contributed by atoms with Crippen LogP contribution < -0.4 is 11.5 Å². The summed E-state index contributed by atoms with van der Waals surface area (Å²) in [6.45, 7) is 1.55. The maximum atomic E-state index is 12.1. The molecule has 0 saturated heterocycles. The van der Waals surface area contributed by atoms with Crippen molar-refractivity contribution in [2.45, 2.75) is 11.8 Å².